The van der Waals surface area contributed by atoms with E-state index in [0.29, 0.717) is 16.0 Å². The second-order valence-electron chi connectivity index (χ2n) is 6.69. The number of aromatic amines is 1. The van der Waals surface area contributed by atoms with E-state index >= 15 is 0 Å². The smallest absolute Gasteiger partial charge is 0.321 e. The number of aromatic nitrogens is 4. The van der Waals surface area contributed by atoms with Gasteiger partial charge < -0.3 is 10.3 Å². The summed E-state index contributed by atoms with van der Waals surface area (Å²) in [6.07, 6.45) is 1.89. The maximum absolute atomic E-state index is 12.3. The molecular formula is C21H19ClN6O2S. The van der Waals surface area contributed by atoms with E-state index in [1.807, 2.05) is 47.2 Å². The normalized spacial score (nSPS) is 12.0. The number of fused-ring (bicyclic) bond motifs is 1. The van der Waals surface area contributed by atoms with Crippen molar-refractivity contribution in [1.29, 1.82) is 0 Å². The number of thioether (sulfide) groups is 1. The number of nitrogens with one attached hydrogen (secondary N) is 3. The fourth-order valence-electron chi connectivity index (χ4n) is 3.09. The monoisotopic (exact) mass is 454 g/mol. The number of rotatable bonds is 5. The van der Waals surface area contributed by atoms with Crippen LogP contribution in [0.1, 0.15) is 6.92 Å². The molecule has 158 valence electrons. The van der Waals surface area contributed by atoms with Gasteiger partial charge in [-0.2, -0.15) is 0 Å². The molecule has 2 aromatic carbocycles. The van der Waals surface area contributed by atoms with Crippen molar-refractivity contribution in [2.75, 3.05) is 7.05 Å². The summed E-state index contributed by atoms with van der Waals surface area (Å²) in [5.41, 5.74) is 2.67. The topological polar surface area (TPSA) is 105 Å². The predicted molar refractivity (Wildman–Crippen MR) is 122 cm³/mol. The Kier molecular flexibility index (Phi) is 5.97. The number of imide groups is 1. The maximum atomic E-state index is 12.3. The lowest BCUT2D eigenvalue weighted by atomic mass is 10.1. The highest BCUT2D eigenvalue weighted by molar-refractivity contribution is 8.00. The summed E-state index contributed by atoms with van der Waals surface area (Å²) in [4.78, 5) is 27.1. The summed E-state index contributed by atoms with van der Waals surface area (Å²) in [7, 11) is 1.45. The highest BCUT2D eigenvalue weighted by Crippen LogP contribution is 2.33. The van der Waals surface area contributed by atoms with Gasteiger partial charge in [-0.1, -0.05) is 41.6 Å². The number of benzene rings is 2. The molecule has 0 aliphatic rings. The second kappa shape index (κ2) is 8.83. The van der Waals surface area contributed by atoms with Gasteiger partial charge in [-0.3, -0.25) is 14.7 Å². The van der Waals surface area contributed by atoms with Crippen molar-refractivity contribution in [3.05, 3.63) is 59.8 Å². The molecule has 0 saturated heterocycles. The quantitative estimate of drug-likeness (QED) is 0.395. The zero-order valence-corrected chi connectivity index (χ0v) is 18.3. The van der Waals surface area contributed by atoms with Crippen molar-refractivity contribution < 1.29 is 9.59 Å². The van der Waals surface area contributed by atoms with Crippen LogP contribution in [-0.4, -0.2) is 44.0 Å². The minimum Gasteiger partial charge on any atom is -0.360 e. The van der Waals surface area contributed by atoms with Gasteiger partial charge >= 0.3 is 6.03 Å². The van der Waals surface area contributed by atoms with E-state index < -0.39 is 17.2 Å². The largest absolute Gasteiger partial charge is 0.360 e. The molecular weight excluding hydrogens is 436 g/mol. The third-order valence-electron chi connectivity index (χ3n) is 4.66. The van der Waals surface area contributed by atoms with Gasteiger partial charge in [-0.15, -0.1) is 10.2 Å². The van der Waals surface area contributed by atoms with Crippen LogP contribution in [0.25, 0.3) is 28.0 Å². The molecule has 0 aliphatic heterocycles. The average molecular weight is 455 g/mol. The number of hydrogen-bond acceptors (Lipinski definition) is 5. The molecule has 10 heteroatoms. The molecule has 3 amide bonds. The first-order valence-corrected chi connectivity index (χ1v) is 10.7. The molecule has 0 fully saturated rings. The van der Waals surface area contributed by atoms with Crippen molar-refractivity contribution in [3.8, 4) is 17.1 Å². The van der Waals surface area contributed by atoms with Gasteiger partial charge in [0.05, 0.1) is 5.25 Å². The standard InChI is InChI=1S/C21H19ClN6O2S/c1-12(19(29)25-20(30)23-2)31-21-27-26-18(28(21)14-9-7-13(22)8-10-14)16-11-24-17-6-4-3-5-15(16)17/h3-12,24H,1-2H3,(H2,23,25,29,30). The molecule has 3 N–H and O–H groups in total. The van der Waals surface area contributed by atoms with E-state index in [2.05, 4.69) is 25.8 Å². The Balaban J connectivity index is 1.77. The molecule has 1 unspecified atom stereocenters. The molecule has 4 aromatic rings. The van der Waals surface area contributed by atoms with Crippen LogP contribution in [0.15, 0.2) is 59.9 Å². The molecule has 0 bridgehead atoms. The van der Waals surface area contributed by atoms with E-state index in [1.54, 1.807) is 19.1 Å². The van der Waals surface area contributed by atoms with Gasteiger partial charge in [0.25, 0.3) is 0 Å². The van der Waals surface area contributed by atoms with Crippen LogP contribution in [0.5, 0.6) is 0 Å². The Morgan fingerprint density at radius 1 is 1.13 bits per heavy atom. The van der Waals surface area contributed by atoms with Gasteiger partial charge in [0.1, 0.15) is 0 Å². The molecule has 4 rings (SSSR count). The summed E-state index contributed by atoms with van der Waals surface area (Å²) in [6, 6.07) is 14.7. The van der Waals surface area contributed by atoms with Crippen LogP contribution in [0.2, 0.25) is 5.02 Å². The zero-order valence-electron chi connectivity index (χ0n) is 16.7. The van der Waals surface area contributed by atoms with Crippen LogP contribution in [0.4, 0.5) is 4.79 Å². The zero-order chi connectivity index (χ0) is 22.0. The molecule has 8 nitrogen and oxygen atoms in total. The summed E-state index contributed by atoms with van der Waals surface area (Å²) in [6.45, 7) is 1.70. The Bertz CT molecular complexity index is 1250. The van der Waals surface area contributed by atoms with Crippen LogP contribution in [0, 0.1) is 0 Å². The van der Waals surface area contributed by atoms with Gasteiger partial charge in [0.2, 0.25) is 5.91 Å². The highest BCUT2D eigenvalue weighted by Gasteiger charge is 2.24. The molecule has 2 aromatic heterocycles. The SMILES string of the molecule is CNC(=O)NC(=O)C(C)Sc1nnc(-c2c[nH]c3ccccc23)n1-c1ccc(Cl)cc1. The van der Waals surface area contributed by atoms with E-state index in [4.69, 9.17) is 11.6 Å². The predicted octanol–water partition coefficient (Wildman–Crippen LogP) is 4.01. The molecule has 0 saturated carbocycles. The first kappa shape index (κ1) is 21.0. The second-order valence-corrected chi connectivity index (χ2v) is 8.44. The number of amides is 3. The van der Waals surface area contributed by atoms with Crippen LogP contribution < -0.4 is 10.6 Å². The summed E-state index contributed by atoms with van der Waals surface area (Å²) in [5.74, 6) is 0.199. The molecule has 0 radical (unpaired) electrons. The minimum atomic E-state index is -0.580. The van der Waals surface area contributed by atoms with E-state index in [0.717, 1.165) is 22.2 Å². The third-order valence-corrected chi connectivity index (χ3v) is 5.96. The summed E-state index contributed by atoms with van der Waals surface area (Å²) < 4.78 is 1.88. The summed E-state index contributed by atoms with van der Waals surface area (Å²) >= 11 is 7.28. The van der Waals surface area contributed by atoms with Crippen LogP contribution in [0.3, 0.4) is 0 Å². The van der Waals surface area contributed by atoms with E-state index in [9.17, 15) is 9.59 Å². The van der Waals surface area contributed by atoms with Crippen molar-refractivity contribution in [3.63, 3.8) is 0 Å². The van der Waals surface area contributed by atoms with Crippen molar-refractivity contribution in [2.24, 2.45) is 0 Å². The van der Waals surface area contributed by atoms with E-state index in [1.165, 1.54) is 18.8 Å². The Hall–Kier alpha value is -3.30. The van der Waals surface area contributed by atoms with Crippen LogP contribution in [-0.2, 0) is 4.79 Å². The number of para-hydroxylation sites is 1. The lowest BCUT2D eigenvalue weighted by Crippen LogP contribution is -2.41. The Labute approximate surface area is 187 Å². The molecule has 0 spiro atoms. The number of H-pyrrole nitrogens is 1. The molecule has 0 aliphatic carbocycles. The van der Waals surface area contributed by atoms with Crippen LogP contribution >= 0.6 is 23.4 Å². The first-order valence-electron chi connectivity index (χ1n) is 9.45. The van der Waals surface area contributed by atoms with Gasteiger partial charge in [-0.25, -0.2) is 4.79 Å². The van der Waals surface area contributed by atoms with Gasteiger partial charge in [0, 0.05) is 40.4 Å². The number of halogens is 1. The maximum Gasteiger partial charge on any atom is 0.321 e. The van der Waals surface area contributed by atoms with E-state index in [-0.39, 0.29) is 0 Å². The third kappa shape index (κ3) is 4.28. The lowest BCUT2D eigenvalue weighted by molar-refractivity contribution is -0.119. The Morgan fingerprint density at radius 3 is 2.61 bits per heavy atom. The number of carbonyl (C=O) groups is 2. The average Bonchev–Trinajstić information content (AvgIpc) is 3.38. The lowest BCUT2D eigenvalue weighted by Gasteiger charge is -2.13. The van der Waals surface area contributed by atoms with Crippen molar-refractivity contribution in [2.45, 2.75) is 17.3 Å². The number of urea groups is 1. The number of carbonyl (C=O) groups excluding carboxylic acids is 2. The fourth-order valence-corrected chi connectivity index (χ4v) is 4.08. The number of nitrogens with zero attached hydrogens (tertiary/aromatic N) is 3. The van der Waals surface area contributed by atoms with Gasteiger partial charge in [-0.05, 0) is 37.3 Å². The minimum absolute atomic E-state index is 0.427. The van der Waals surface area contributed by atoms with Crippen molar-refractivity contribution >= 4 is 46.2 Å². The summed E-state index contributed by atoms with van der Waals surface area (Å²) in [5, 5.41) is 15.0. The molecule has 2 heterocycles. The Morgan fingerprint density at radius 2 is 1.87 bits per heavy atom. The van der Waals surface area contributed by atoms with Crippen molar-refractivity contribution in [1.82, 2.24) is 30.4 Å². The van der Waals surface area contributed by atoms with Gasteiger partial charge in [0.15, 0.2) is 11.0 Å². The highest BCUT2D eigenvalue weighted by atomic mass is 35.5. The molecule has 31 heavy (non-hydrogen) atoms. The molecule has 1 atom stereocenters. The number of hydrogen-bond donors (Lipinski definition) is 3. The first-order chi connectivity index (χ1) is 15.0. The fraction of sp³-hybridized carbons (Fsp3) is 0.143.